The lowest BCUT2D eigenvalue weighted by Gasteiger charge is -2.23. The Morgan fingerprint density at radius 3 is 2.52 bits per heavy atom. The Kier molecular flexibility index (Phi) is 5.46. The predicted octanol–water partition coefficient (Wildman–Crippen LogP) is 2.53. The molecular formula is C21H23N3O3. The monoisotopic (exact) mass is 365 g/mol. The van der Waals surface area contributed by atoms with Crippen molar-refractivity contribution in [3.63, 3.8) is 0 Å². The van der Waals surface area contributed by atoms with Crippen molar-refractivity contribution in [1.29, 1.82) is 0 Å². The van der Waals surface area contributed by atoms with E-state index in [1.165, 1.54) is 0 Å². The van der Waals surface area contributed by atoms with Crippen molar-refractivity contribution in [2.45, 2.75) is 18.6 Å². The zero-order chi connectivity index (χ0) is 18.5. The Morgan fingerprint density at radius 2 is 1.81 bits per heavy atom. The van der Waals surface area contributed by atoms with Gasteiger partial charge in [0.05, 0.1) is 37.7 Å². The average molecular weight is 365 g/mol. The van der Waals surface area contributed by atoms with Crippen LogP contribution in [0.15, 0.2) is 65.8 Å². The van der Waals surface area contributed by atoms with Crippen LogP contribution in [0.5, 0.6) is 0 Å². The van der Waals surface area contributed by atoms with Gasteiger partial charge in [0.25, 0.3) is 5.91 Å². The van der Waals surface area contributed by atoms with Crippen LogP contribution in [0.4, 0.5) is 5.69 Å². The number of hydrogen-bond donors (Lipinski definition) is 1. The van der Waals surface area contributed by atoms with Crippen LogP contribution in [0.25, 0.3) is 0 Å². The number of rotatable bonds is 5. The predicted molar refractivity (Wildman–Crippen MR) is 104 cm³/mol. The van der Waals surface area contributed by atoms with E-state index in [1.807, 2.05) is 53.5 Å². The standard InChI is InChI=1S/C21H23N3O3/c25-21(22-14-18-15-26-11-12-27-18)19-13-20(16-7-3-1-4-8-16)24(23-19)17-9-5-2-6-10-17/h1-10,18,20H,11-15H2,(H,22,25)/t18-,20+/m1/s1. The Balaban J connectivity index is 1.50. The van der Waals surface area contributed by atoms with Crippen LogP contribution >= 0.6 is 0 Å². The second-order valence-electron chi connectivity index (χ2n) is 6.64. The third-order valence-electron chi connectivity index (χ3n) is 4.75. The third-order valence-corrected chi connectivity index (χ3v) is 4.75. The summed E-state index contributed by atoms with van der Waals surface area (Å²) in [5.74, 6) is -0.150. The maximum atomic E-state index is 12.7. The normalized spacial score (nSPS) is 22.4. The molecule has 1 N–H and O–H groups in total. The van der Waals surface area contributed by atoms with Gasteiger partial charge in [0, 0.05) is 13.0 Å². The molecule has 2 aliphatic rings. The van der Waals surface area contributed by atoms with Crippen LogP contribution in [0.1, 0.15) is 18.0 Å². The molecule has 0 bridgehead atoms. The number of hydrogen-bond acceptors (Lipinski definition) is 5. The van der Waals surface area contributed by atoms with Crippen LogP contribution in [0.3, 0.4) is 0 Å². The summed E-state index contributed by atoms with van der Waals surface area (Å²) in [6.07, 6.45) is 0.465. The third kappa shape index (κ3) is 4.18. The first-order valence-corrected chi connectivity index (χ1v) is 9.25. The average Bonchev–Trinajstić information content (AvgIpc) is 3.20. The molecule has 2 heterocycles. The summed E-state index contributed by atoms with van der Waals surface area (Å²) in [6.45, 7) is 2.12. The van der Waals surface area contributed by atoms with E-state index in [9.17, 15) is 4.79 Å². The molecule has 0 saturated carbocycles. The van der Waals surface area contributed by atoms with E-state index in [-0.39, 0.29) is 18.1 Å². The summed E-state index contributed by atoms with van der Waals surface area (Å²) in [5.41, 5.74) is 2.64. The minimum Gasteiger partial charge on any atom is -0.376 e. The van der Waals surface area contributed by atoms with E-state index in [0.717, 1.165) is 11.3 Å². The molecule has 2 aromatic rings. The first kappa shape index (κ1) is 17.7. The molecule has 140 valence electrons. The maximum absolute atomic E-state index is 12.7. The molecule has 27 heavy (non-hydrogen) atoms. The highest BCUT2D eigenvalue weighted by Gasteiger charge is 2.32. The lowest BCUT2D eigenvalue weighted by molar-refractivity contribution is -0.118. The number of carbonyl (C=O) groups is 1. The topological polar surface area (TPSA) is 63.2 Å². The molecule has 1 fully saturated rings. The van der Waals surface area contributed by atoms with Gasteiger partial charge in [-0.1, -0.05) is 48.5 Å². The van der Waals surface area contributed by atoms with Crippen molar-refractivity contribution in [3.8, 4) is 0 Å². The van der Waals surface area contributed by atoms with Gasteiger partial charge in [-0.25, -0.2) is 0 Å². The SMILES string of the molecule is O=C(NC[C@@H]1COCCO1)C1=NN(c2ccccc2)[C@H](c2ccccc2)C1. The van der Waals surface area contributed by atoms with E-state index in [0.29, 0.717) is 38.5 Å². The molecule has 1 saturated heterocycles. The molecule has 2 aliphatic heterocycles. The van der Waals surface area contributed by atoms with Crippen molar-refractivity contribution in [1.82, 2.24) is 5.32 Å². The van der Waals surface area contributed by atoms with E-state index >= 15 is 0 Å². The van der Waals surface area contributed by atoms with E-state index in [2.05, 4.69) is 22.6 Å². The van der Waals surface area contributed by atoms with E-state index < -0.39 is 0 Å². The fourth-order valence-electron chi connectivity index (χ4n) is 3.36. The van der Waals surface area contributed by atoms with Crippen molar-refractivity contribution in [3.05, 3.63) is 66.2 Å². The van der Waals surface area contributed by atoms with E-state index in [4.69, 9.17) is 9.47 Å². The first-order chi connectivity index (χ1) is 13.3. The van der Waals surface area contributed by atoms with Crippen LogP contribution in [-0.4, -0.2) is 44.1 Å². The minimum atomic E-state index is -0.150. The van der Waals surface area contributed by atoms with Crippen molar-refractivity contribution in [2.24, 2.45) is 5.10 Å². The van der Waals surface area contributed by atoms with Gasteiger partial charge in [-0.2, -0.15) is 5.10 Å². The summed E-state index contributed by atoms with van der Waals surface area (Å²) in [4.78, 5) is 12.7. The van der Waals surface area contributed by atoms with Gasteiger partial charge in [-0.05, 0) is 17.7 Å². The van der Waals surface area contributed by atoms with Crippen molar-refractivity contribution < 1.29 is 14.3 Å². The van der Waals surface area contributed by atoms with Gasteiger partial charge in [-0.3, -0.25) is 9.80 Å². The molecular weight excluding hydrogens is 342 g/mol. The van der Waals surface area contributed by atoms with Crippen LogP contribution < -0.4 is 10.3 Å². The molecule has 6 heteroatoms. The molecule has 0 aliphatic carbocycles. The fourth-order valence-corrected chi connectivity index (χ4v) is 3.36. The summed E-state index contributed by atoms with van der Waals surface area (Å²) < 4.78 is 11.0. The Labute approximate surface area is 158 Å². The van der Waals surface area contributed by atoms with Gasteiger partial charge in [0.1, 0.15) is 5.71 Å². The minimum absolute atomic E-state index is 0.00335. The first-order valence-electron chi connectivity index (χ1n) is 9.25. The number of ether oxygens (including phenoxy) is 2. The molecule has 0 spiro atoms. The second kappa shape index (κ2) is 8.33. The summed E-state index contributed by atoms with van der Waals surface area (Å²) in [6, 6.07) is 20.1. The Morgan fingerprint density at radius 1 is 1.07 bits per heavy atom. The molecule has 4 rings (SSSR count). The van der Waals surface area contributed by atoms with Crippen LogP contribution in [0.2, 0.25) is 0 Å². The van der Waals surface area contributed by atoms with Gasteiger partial charge in [0.15, 0.2) is 0 Å². The number of anilines is 1. The lowest BCUT2D eigenvalue weighted by atomic mass is 10.0. The number of nitrogens with zero attached hydrogens (tertiary/aromatic N) is 2. The largest absolute Gasteiger partial charge is 0.376 e. The molecule has 0 aromatic heterocycles. The highest BCUT2D eigenvalue weighted by Crippen LogP contribution is 2.34. The number of amides is 1. The quantitative estimate of drug-likeness (QED) is 0.884. The molecule has 2 aromatic carbocycles. The summed E-state index contributed by atoms with van der Waals surface area (Å²) in [5, 5.41) is 9.52. The number of hydrazone groups is 1. The molecule has 0 radical (unpaired) electrons. The van der Waals surface area contributed by atoms with E-state index in [1.54, 1.807) is 0 Å². The second-order valence-corrected chi connectivity index (χ2v) is 6.64. The molecule has 0 unspecified atom stereocenters. The summed E-state index contributed by atoms with van der Waals surface area (Å²) in [7, 11) is 0. The Hall–Kier alpha value is -2.70. The highest BCUT2D eigenvalue weighted by atomic mass is 16.6. The lowest BCUT2D eigenvalue weighted by Crippen LogP contribution is -2.41. The number of para-hydroxylation sites is 1. The molecule has 1 amide bonds. The van der Waals surface area contributed by atoms with Gasteiger partial charge >= 0.3 is 0 Å². The van der Waals surface area contributed by atoms with Gasteiger partial charge in [0.2, 0.25) is 0 Å². The number of carbonyl (C=O) groups excluding carboxylic acids is 1. The van der Waals surface area contributed by atoms with Gasteiger partial charge < -0.3 is 14.8 Å². The number of benzene rings is 2. The zero-order valence-electron chi connectivity index (χ0n) is 15.1. The fraction of sp³-hybridized carbons (Fsp3) is 0.333. The maximum Gasteiger partial charge on any atom is 0.267 e. The van der Waals surface area contributed by atoms with Crippen molar-refractivity contribution >= 4 is 17.3 Å². The number of nitrogens with one attached hydrogen (secondary N) is 1. The highest BCUT2D eigenvalue weighted by molar-refractivity contribution is 6.39. The molecule has 2 atom stereocenters. The van der Waals surface area contributed by atoms with Crippen LogP contribution in [-0.2, 0) is 14.3 Å². The zero-order valence-corrected chi connectivity index (χ0v) is 15.1. The summed E-state index contributed by atoms with van der Waals surface area (Å²) >= 11 is 0. The Bertz CT molecular complexity index is 789. The smallest absolute Gasteiger partial charge is 0.267 e. The van der Waals surface area contributed by atoms with Gasteiger partial charge in [-0.15, -0.1) is 0 Å². The van der Waals surface area contributed by atoms with Crippen LogP contribution in [0, 0.1) is 0 Å². The van der Waals surface area contributed by atoms with Crippen molar-refractivity contribution in [2.75, 3.05) is 31.4 Å². The molecule has 6 nitrogen and oxygen atoms in total.